The average molecular weight is 244 g/mol. The third-order valence-corrected chi connectivity index (χ3v) is 2.47. The first-order valence-corrected chi connectivity index (χ1v) is 6.24. The van der Waals surface area contributed by atoms with Crippen LogP contribution in [-0.4, -0.2) is 53.6 Å². The maximum absolute atomic E-state index is 12.0. The van der Waals surface area contributed by atoms with Crippen LogP contribution in [0.15, 0.2) is 0 Å². The van der Waals surface area contributed by atoms with E-state index >= 15 is 0 Å². The average Bonchev–Trinajstić information content (AvgIpc) is 2.27. The minimum atomic E-state index is -0.815. The Labute approximate surface area is 103 Å². The van der Waals surface area contributed by atoms with E-state index in [0.717, 1.165) is 25.9 Å². The summed E-state index contributed by atoms with van der Waals surface area (Å²) in [6, 6.07) is -0.000844. The molecule has 5 nitrogen and oxygen atoms in total. The fourth-order valence-corrected chi connectivity index (χ4v) is 1.65. The third kappa shape index (κ3) is 6.81. The molecule has 0 aromatic rings. The molecule has 100 valence electrons. The van der Waals surface area contributed by atoms with Crippen molar-refractivity contribution in [2.45, 2.75) is 39.5 Å². The van der Waals surface area contributed by atoms with Crippen LogP contribution in [0.3, 0.4) is 0 Å². The standard InChI is InChI=1S/C12H24N2O3/c1-4-8-14(9-5-2)12(17)13(3)10-6-7-11(15)16/h4-10H2,1-3H3,(H,15,16). The van der Waals surface area contributed by atoms with E-state index in [0.29, 0.717) is 13.0 Å². The fraction of sp³-hybridized carbons (Fsp3) is 0.833. The summed E-state index contributed by atoms with van der Waals surface area (Å²) in [6.45, 7) is 6.10. The van der Waals surface area contributed by atoms with Crippen LogP contribution in [0.25, 0.3) is 0 Å². The van der Waals surface area contributed by atoms with Crippen molar-refractivity contribution in [3.05, 3.63) is 0 Å². The van der Waals surface area contributed by atoms with Crippen molar-refractivity contribution in [1.82, 2.24) is 9.80 Å². The zero-order valence-electron chi connectivity index (χ0n) is 11.1. The van der Waals surface area contributed by atoms with E-state index < -0.39 is 5.97 Å². The van der Waals surface area contributed by atoms with Crippen LogP contribution >= 0.6 is 0 Å². The number of rotatable bonds is 8. The van der Waals surface area contributed by atoms with Gasteiger partial charge in [0.1, 0.15) is 0 Å². The summed E-state index contributed by atoms with van der Waals surface area (Å²) in [5.74, 6) is -0.815. The normalized spacial score (nSPS) is 10.1. The molecule has 0 radical (unpaired) electrons. The first kappa shape index (κ1) is 15.7. The van der Waals surface area contributed by atoms with E-state index in [1.165, 1.54) is 0 Å². The zero-order valence-corrected chi connectivity index (χ0v) is 11.1. The van der Waals surface area contributed by atoms with Crippen LogP contribution in [0.5, 0.6) is 0 Å². The van der Waals surface area contributed by atoms with Crippen molar-refractivity contribution in [2.24, 2.45) is 0 Å². The Balaban J connectivity index is 4.09. The van der Waals surface area contributed by atoms with Gasteiger partial charge in [0, 0.05) is 33.1 Å². The van der Waals surface area contributed by atoms with Gasteiger partial charge in [-0.2, -0.15) is 0 Å². The third-order valence-electron chi connectivity index (χ3n) is 2.47. The second-order valence-corrected chi connectivity index (χ2v) is 4.19. The molecule has 1 N–H and O–H groups in total. The molecule has 0 aromatic carbocycles. The molecule has 2 amide bonds. The predicted octanol–water partition coefficient (Wildman–Crippen LogP) is 2.02. The SMILES string of the molecule is CCCN(CCC)C(=O)N(C)CCCC(=O)O. The van der Waals surface area contributed by atoms with E-state index in [1.807, 2.05) is 18.7 Å². The van der Waals surface area contributed by atoms with Gasteiger partial charge < -0.3 is 14.9 Å². The van der Waals surface area contributed by atoms with Crippen molar-refractivity contribution in [2.75, 3.05) is 26.7 Å². The number of aliphatic carboxylic acids is 1. The minimum absolute atomic E-state index is 0.000844. The van der Waals surface area contributed by atoms with Gasteiger partial charge in [0.15, 0.2) is 0 Å². The van der Waals surface area contributed by atoms with E-state index in [1.54, 1.807) is 11.9 Å². The summed E-state index contributed by atoms with van der Waals surface area (Å²) >= 11 is 0. The summed E-state index contributed by atoms with van der Waals surface area (Å²) in [4.78, 5) is 25.8. The maximum atomic E-state index is 12.0. The number of hydrogen-bond acceptors (Lipinski definition) is 2. The molecule has 5 heteroatoms. The second kappa shape index (κ2) is 8.84. The van der Waals surface area contributed by atoms with Gasteiger partial charge in [-0.3, -0.25) is 4.79 Å². The molecule has 0 unspecified atom stereocenters. The lowest BCUT2D eigenvalue weighted by atomic mass is 10.3. The lowest BCUT2D eigenvalue weighted by Crippen LogP contribution is -2.42. The molecule has 0 aliphatic rings. The highest BCUT2D eigenvalue weighted by molar-refractivity contribution is 5.74. The van der Waals surface area contributed by atoms with Crippen LogP contribution < -0.4 is 0 Å². The van der Waals surface area contributed by atoms with Crippen LogP contribution in [0.4, 0.5) is 4.79 Å². The molecule has 0 bridgehead atoms. The first-order valence-electron chi connectivity index (χ1n) is 6.24. The van der Waals surface area contributed by atoms with Gasteiger partial charge in [0.05, 0.1) is 0 Å². The van der Waals surface area contributed by atoms with E-state index in [4.69, 9.17) is 5.11 Å². The van der Waals surface area contributed by atoms with Gasteiger partial charge >= 0.3 is 12.0 Å². The lowest BCUT2D eigenvalue weighted by molar-refractivity contribution is -0.137. The van der Waals surface area contributed by atoms with Gasteiger partial charge in [0.25, 0.3) is 0 Å². The van der Waals surface area contributed by atoms with Crippen molar-refractivity contribution >= 4 is 12.0 Å². The molecular formula is C12H24N2O3. The second-order valence-electron chi connectivity index (χ2n) is 4.19. The zero-order chi connectivity index (χ0) is 13.3. The Morgan fingerprint density at radius 1 is 1.06 bits per heavy atom. The van der Waals surface area contributed by atoms with Crippen molar-refractivity contribution in [3.8, 4) is 0 Å². The topological polar surface area (TPSA) is 60.9 Å². The highest BCUT2D eigenvalue weighted by Crippen LogP contribution is 2.02. The Bertz CT molecular complexity index is 238. The van der Waals surface area contributed by atoms with Gasteiger partial charge in [-0.15, -0.1) is 0 Å². The molecule has 0 fully saturated rings. The number of hydrogen-bond donors (Lipinski definition) is 1. The molecule has 0 aromatic heterocycles. The minimum Gasteiger partial charge on any atom is -0.481 e. The molecule has 0 saturated carbocycles. The number of amides is 2. The maximum Gasteiger partial charge on any atom is 0.319 e. The quantitative estimate of drug-likeness (QED) is 0.710. The Morgan fingerprint density at radius 2 is 1.59 bits per heavy atom. The highest BCUT2D eigenvalue weighted by atomic mass is 16.4. The Hall–Kier alpha value is -1.26. The van der Waals surface area contributed by atoms with E-state index in [9.17, 15) is 9.59 Å². The summed E-state index contributed by atoms with van der Waals surface area (Å²) in [7, 11) is 1.72. The van der Waals surface area contributed by atoms with Gasteiger partial charge in [-0.25, -0.2) is 4.79 Å². The Kier molecular flexibility index (Phi) is 8.19. The first-order chi connectivity index (χ1) is 8.02. The number of carbonyl (C=O) groups excluding carboxylic acids is 1. The molecule has 17 heavy (non-hydrogen) atoms. The molecular weight excluding hydrogens is 220 g/mol. The van der Waals surface area contributed by atoms with Crippen molar-refractivity contribution in [3.63, 3.8) is 0 Å². The fourth-order valence-electron chi connectivity index (χ4n) is 1.65. The molecule has 0 aliphatic carbocycles. The molecule has 0 aliphatic heterocycles. The van der Waals surface area contributed by atoms with E-state index in [2.05, 4.69) is 0 Å². The summed E-state index contributed by atoms with van der Waals surface area (Å²) in [6.07, 6.45) is 2.49. The van der Waals surface area contributed by atoms with Crippen LogP contribution in [-0.2, 0) is 4.79 Å². The number of urea groups is 1. The summed E-state index contributed by atoms with van der Waals surface area (Å²) < 4.78 is 0. The largest absolute Gasteiger partial charge is 0.481 e. The molecule has 0 spiro atoms. The summed E-state index contributed by atoms with van der Waals surface area (Å²) in [5.41, 5.74) is 0. The smallest absolute Gasteiger partial charge is 0.319 e. The van der Waals surface area contributed by atoms with Gasteiger partial charge in [-0.1, -0.05) is 13.8 Å². The van der Waals surface area contributed by atoms with Crippen LogP contribution in [0, 0.1) is 0 Å². The predicted molar refractivity (Wildman–Crippen MR) is 67.1 cm³/mol. The van der Waals surface area contributed by atoms with Crippen molar-refractivity contribution in [1.29, 1.82) is 0 Å². The number of carbonyl (C=O) groups is 2. The Morgan fingerprint density at radius 3 is 2.00 bits per heavy atom. The number of nitrogens with zero attached hydrogens (tertiary/aromatic N) is 2. The summed E-state index contributed by atoms with van der Waals surface area (Å²) in [5, 5.41) is 8.53. The van der Waals surface area contributed by atoms with Gasteiger partial charge in [-0.05, 0) is 19.3 Å². The molecule has 0 atom stereocenters. The number of carboxylic acids is 1. The lowest BCUT2D eigenvalue weighted by Gasteiger charge is -2.27. The molecule has 0 heterocycles. The monoisotopic (exact) mass is 244 g/mol. The molecule has 0 rings (SSSR count). The van der Waals surface area contributed by atoms with Crippen LogP contribution in [0.1, 0.15) is 39.5 Å². The highest BCUT2D eigenvalue weighted by Gasteiger charge is 2.16. The van der Waals surface area contributed by atoms with Crippen LogP contribution in [0.2, 0.25) is 0 Å². The molecule has 0 saturated heterocycles. The number of carboxylic acid groups (broad SMARTS) is 1. The van der Waals surface area contributed by atoms with Gasteiger partial charge in [0.2, 0.25) is 0 Å². The van der Waals surface area contributed by atoms with E-state index in [-0.39, 0.29) is 12.5 Å². The van der Waals surface area contributed by atoms with Crippen molar-refractivity contribution < 1.29 is 14.7 Å².